The molecule has 2 N–H and O–H groups in total. The first kappa shape index (κ1) is 10.7. The third-order valence-corrected chi connectivity index (χ3v) is 2.62. The van der Waals surface area contributed by atoms with Crippen molar-refractivity contribution in [2.45, 2.75) is 0 Å². The monoisotopic (exact) mass is 223 g/mol. The minimum absolute atomic E-state index is 0.0314. The minimum atomic E-state index is -0.461. The Morgan fingerprint density at radius 1 is 1.38 bits per heavy atom. The molecule has 0 saturated carbocycles. The first-order chi connectivity index (χ1) is 7.70. The van der Waals surface area contributed by atoms with Crippen LogP contribution in [0.25, 0.3) is 0 Å². The van der Waals surface area contributed by atoms with Crippen molar-refractivity contribution in [3.05, 3.63) is 28.3 Å². The Kier molecular flexibility index (Phi) is 2.91. The van der Waals surface area contributed by atoms with E-state index in [1.165, 1.54) is 18.2 Å². The number of benzene rings is 1. The number of hydrogen-bond acceptors (Lipinski definition) is 5. The van der Waals surface area contributed by atoms with Crippen molar-refractivity contribution in [1.82, 2.24) is 5.32 Å². The molecule has 0 radical (unpaired) electrons. The van der Waals surface area contributed by atoms with Crippen LogP contribution in [-0.2, 0) is 0 Å². The fourth-order valence-electron chi connectivity index (χ4n) is 1.88. The molecule has 6 nitrogen and oxygen atoms in total. The summed E-state index contributed by atoms with van der Waals surface area (Å²) in [5.41, 5.74) is 0.288. The molecule has 1 saturated heterocycles. The maximum Gasteiger partial charge on any atom is 0.296 e. The fraction of sp³-hybridized carbons (Fsp3) is 0.400. The highest BCUT2D eigenvalue weighted by Gasteiger charge is 2.23. The maximum absolute atomic E-state index is 10.9. The Bertz CT molecular complexity index is 402. The van der Waals surface area contributed by atoms with Gasteiger partial charge < -0.3 is 15.3 Å². The lowest BCUT2D eigenvalue weighted by molar-refractivity contribution is -0.384. The molecule has 0 atom stereocenters. The van der Waals surface area contributed by atoms with Gasteiger partial charge in [-0.1, -0.05) is 6.07 Å². The first-order valence-electron chi connectivity index (χ1n) is 5.12. The summed E-state index contributed by atoms with van der Waals surface area (Å²) in [6.07, 6.45) is 0. The molecule has 0 unspecified atom stereocenters. The fourth-order valence-corrected chi connectivity index (χ4v) is 1.88. The minimum Gasteiger partial charge on any atom is -0.506 e. The lowest BCUT2D eigenvalue weighted by Crippen LogP contribution is -2.43. The Morgan fingerprint density at radius 3 is 2.69 bits per heavy atom. The van der Waals surface area contributed by atoms with E-state index < -0.39 is 4.92 Å². The summed E-state index contributed by atoms with van der Waals surface area (Å²) in [6, 6.07) is 4.38. The summed E-state index contributed by atoms with van der Waals surface area (Å²) in [4.78, 5) is 12.2. The molecule has 1 heterocycles. The third kappa shape index (κ3) is 1.92. The number of nitro benzene ring substituents is 1. The van der Waals surface area contributed by atoms with Crippen LogP contribution < -0.4 is 10.2 Å². The molecule has 0 spiro atoms. The van der Waals surface area contributed by atoms with Gasteiger partial charge in [0.1, 0.15) is 5.75 Å². The van der Waals surface area contributed by atoms with E-state index in [9.17, 15) is 15.2 Å². The number of hydrogen-bond donors (Lipinski definition) is 2. The van der Waals surface area contributed by atoms with Gasteiger partial charge in [0.2, 0.25) is 0 Å². The highest BCUT2D eigenvalue weighted by Crippen LogP contribution is 2.36. The van der Waals surface area contributed by atoms with Crippen LogP contribution in [-0.4, -0.2) is 36.2 Å². The van der Waals surface area contributed by atoms with E-state index in [2.05, 4.69) is 5.32 Å². The van der Waals surface area contributed by atoms with Crippen molar-refractivity contribution in [1.29, 1.82) is 0 Å². The standard InChI is InChI=1S/C10H13N3O3/c14-9-3-1-2-8(13(15)16)10(9)12-6-4-11-5-7-12/h1-3,11,14H,4-7H2. The highest BCUT2D eigenvalue weighted by molar-refractivity contribution is 5.71. The van der Waals surface area contributed by atoms with Gasteiger partial charge in [-0.2, -0.15) is 0 Å². The number of aromatic hydroxyl groups is 1. The predicted octanol–water partition coefficient (Wildman–Crippen LogP) is 0.710. The first-order valence-corrected chi connectivity index (χ1v) is 5.12. The van der Waals surface area contributed by atoms with Gasteiger partial charge in [-0.15, -0.1) is 0 Å². The highest BCUT2D eigenvalue weighted by atomic mass is 16.6. The molecule has 0 amide bonds. The molecule has 6 heteroatoms. The number of nitrogens with one attached hydrogen (secondary N) is 1. The van der Waals surface area contributed by atoms with Gasteiger partial charge in [0.25, 0.3) is 5.69 Å². The van der Waals surface area contributed by atoms with Crippen LogP contribution in [0.3, 0.4) is 0 Å². The van der Waals surface area contributed by atoms with E-state index in [4.69, 9.17) is 0 Å². The summed E-state index contributed by atoms with van der Waals surface area (Å²) in [5.74, 6) is -0.0314. The molecule has 86 valence electrons. The smallest absolute Gasteiger partial charge is 0.296 e. The molecular weight excluding hydrogens is 210 g/mol. The molecule has 1 aliphatic heterocycles. The zero-order chi connectivity index (χ0) is 11.5. The Morgan fingerprint density at radius 2 is 2.06 bits per heavy atom. The molecule has 0 aliphatic carbocycles. The lowest BCUT2D eigenvalue weighted by atomic mass is 10.2. The number of nitrogens with zero attached hydrogens (tertiary/aromatic N) is 2. The lowest BCUT2D eigenvalue weighted by Gasteiger charge is -2.29. The zero-order valence-corrected chi connectivity index (χ0v) is 8.72. The number of para-hydroxylation sites is 1. The largest absolute Gasteiger partial charge is 0.506 e. The molecule has 1 aromatic carbocycles. The molecule has 16 heavy (non-hydrogen) atoms. The third-order valence-electron chi connectivity index (χ3n) is 2.62. The van der Waals surface area contributed by atoms with Gasteiger partial charge >= 0.3 is 0 Å². The van der Waals surface area contributed by atoms with Crippen molar-refractivity contribution in [2.24, 2.45) is 0 Å². The molecule has 1 fully saturated rings. The second-order valence-electron chi connectivity index (χ2n) is 3.64. The van der Waals surface area contributed by atoms with Crippen LogP contribution in [0.4, 0.5) is 11.4 Å². The molecular formula is C10H13N3O3. The van der Waals surface area contributed by atoms with Crippen LogP contribution in [0.1, 0.15) is 0 Å². The quantitative estimate of drug-likeness (QED) is 0.570. The van der Waals surface area contributed by atoms with Crippen molar-refractivity contribution >= 4 is 11.4 Å². The van der Waals surface area contributed by atoms with E-state index in [1.807, 2.05) is 4.90 Å². The topological polar surface area (TPSA) is 78.6 Å². The zero-order valence-electron chi connectivity index (χ0n) is 8.72. The van der Waals surface area contributed by atoms with E-state index in [-0.39, 0.29) is 11.4 Å². The number of phenols is 1. The van der Waals surface area contributed by atoms with Crippen molar-refractivity contribution < 1.29 is 10.0 Å². The van der Waals surface area contributed by atoms with Gasteiger partial charge in [-0.25, -0.2) is 0 Å². The van der Waals surface area contributed by atoms with Crippen LogP contribution in [0.5, 0.6) is 5.75 Å². The van der Waals surface area contributed by atoms with Crippen molar-refractivity contribution in [3.63, 3.8) is 0 Å². The van der Waals surface area contributed by atoms with Gasteiger partial charge in [0.05, 0.1) is 4.92 Å². The normalized spacial score (nSPS) is 16.1. The Hall–Kier alpha value is -1.82. The molecule has 0 bridgehead atoms. The van der Waals surface area contributed by atoms with E-state index in [0.717, 1.165) is 13.1 Å². The summed E-state index contributed by atoms with van der Waals surface area (Å²) >= 11 is 0. The van der Waals surface area contributed by atoms with Crippen LogP contribution in [0.15, 0.2) is 18.2 Å². The van der Waals surface area contributed by atoms with E-state index >= 15 is 0 Å². The number of anilines is 1. The summed E-state index contributed by atoms with van der Waals surface area (Å²) in [7, 11) is 0. The number of rotatable bonds is 2. The average molecular weight is 223 g/mol. The second kappa shape index (κ2) is 4.36. The Balaban J connectivity index is 2.40. The SMILES string of the molecule is O=[N+]([O-])c1cccc(O)c1N1CCNCC1. The second-order valence-corrected chi connectivity index (χ2v) is 3.64. The average Bonchev–Trinajstić information content (AvgIpc) is 2.29. The van der Waals surface area contributed by atoms with Crippen molar-refractivity contribution in [2.75, 3.05) is 31.1 Å². The molecule has 0 aromatic heterocycles. The number of nitro groups is 1. The molecule has 1 aliphatic rings. The summed E-state index contributed by atoms with van der Waals surface area (Å²) < 4.78 is 0. The molecule has 1 aromatic rings. The van der Waals surface area contributed by atoms with Crippen molar-refractivity contribution in [3.8, 4) is 5.75 Å². The number of phenolic OH excluding ortho intramolecular Hbond substituents is 1. The van der Waals surface area contributed by atoms with Crippen LogP contribution in [0, 0.1) is 10.1 Å². The number of piperazine rings is 1. The van der Waals surface area contributed by atoms with Crippen LogP contribution >= 0.6 is 0 Å². The molecule has 2 rings (SSSR count). The van der Waals surface area contributed by atoms with E-state index in [1.54, 1.807) is 0 Å². The maximum atomic E-state index is 10.9. The van der Waals surface area contributed by atoms with Gasteiger partial charge in [0, 0.05) is 32.2 Å². The Labute approximate surface area is 92.6 Å². The van der Waals surface area contributed by atoms with E-state index in [0.29, 0.717) is 18.8 Å². The summed E-state index contributed by atoms with van der Waals surface area (Å²) in [5, 5.41) is 23.8. The predicted molar refractivity (Wildman–Crippen MR) is 59.8 cm³/mol. The van der Waals surface area contributed by atoms with Gasteiger partial charge in [-0.05, 0) is 6.07 Å². The van der Waals surface area contributed by atoms with Gasteiger partial charge in [-0.3, -0.25) is 10.1 Å². The summed E-state index contributed by atoms with van der Waals surface area (Å²) in [6.45, 7) is 2.87. The van der Waals surface area contributed by atoms with Crippen LogP contribution in [0.2, 0.25) is 0 Å². The van der Waals surface area contributed by atoms with Gasteiger partial charge in [0.15, 0.2) is 5.69 Å².